The van der Waals surface area contributed by atoms with Crippen molar-refractivity contribution in [2.75, 3.05) is 23.9 Å². The summed E-state index contributed by atoms with van der Waals surface area (Å²) in [6, 6.07) is 7.90. The third-order valence-corrected chi connectivity index (χ3v) is 6.08. The molecule has 3 nitrogen and oxygen atoms in total. The van der Waals surface area contributed by atoms with Crippen LogP contribution in [0.5, 0.6) is 5.75 Å². The summed E-state index contributed by atoms with van der Waals surface area (Å²) in [4.78, 5) is 0. The average Bonchev–Trinajstić information content (AvgIpc) is 2.43. The molecule has 0 saturated carbocycles. The van der Waals surface area contributed by atoms with Crippen LogP contribution in [0.2, 0.25) is 0 Å². The van der Waals surface area contributed by atoms with E-state index in [-0.39, 0.29) is 11.5 Å². The molecule has 0 bridgehead atoms. The number of sulfone groups is 1. The second-order valence-corrected chi connectivity index (χ2v) is 7.93. The van der Waals surface area contributed by atoms with Gasteiger partial charge in [0.25, 0.3) is 0 Å². The molecule has 0 aromatic heterocycles. The van der Waals surface area contributed by atoms with Crippen LogP contribution in [-0.4, -0.2) is 32.4 Å². The van der Waals surface area contributed by atoms with E-state index in [0.717, 1.165) is 23.1 Å². The van der Waals surface area contributed by atoms with E-state index in [1.54, 1.807) is 7.11 Å². The molecule has 1 aromatic rings. The molecule has 0 fully saturated rings. The quantitative estimate of drug-likeness (QED) is 0.631. The predicted molar refractivity (Wildman–Crippen MR) is 87.5 cm³/mol. The van der Waals surface area contributed by atoms with Gasteiger partial charge in [0.2, 0.25) is 0 Å². The minimum Gasteiger partial charge on any atom is -0.496 e. The van der Waals surface area contributed by atoms with Crippen molar-refractivity contribution in [3.05, 3.63) is 29.8 Å². The van der Waals surface area contributed by atoms with E-state index in [4.69, 9.17) is 4.74 Å². The minimum absolute atomic E-state index is 0.270. The van der Waals surface area contributed by atoms with Crippen LogP contribution in [0.3, 0.4) is 0 Å². The Labute approximate surface area is 130 Å². The highest BCUT2D eigenvalue weighted by atomic mass is 79.9. The predicted octanol–water partition coefficient (Wildman–Crippen LogP) is 3.46. The Morgan fingerprint density at radius 1 is 1.25 bits per heavy atom. The monoisotopic (exact) mass is 362 g/mol. The molecule has 5 heteroatoms. The van der Waals surface area contributed by atoms with E-state index in [1.807, 2.05) is 31.2 Å². The SMILES string of the molecule is CCCS(=O)(=O)CCC(CBr)Cc1ccccc1OC. The van der Waals surface area contributed by atoms with Crippen molar-refractivity contribution < 1.29 is 13.2 Å². The lowest BCUT2D eigenvalue weighted by Gasteiger charge is -2.16. The number of hydrogen-bond acceptors (Lipinski definition) is 3. The first kappa shape index (κ1) is 17.5. The van der Waals surface area contributed by atoms with Crippen LogP contribution in [0, 0.1) is 5.92 Å². The van der Waals surface area contributed by atoms with Gasteiger partial charge in [0.1, 0.15) is 15.6 Å². The first-order valence-corrected chi connectivity index (χ1v) is 9.85. The van der Waals surface area contributed by atoms with Crippen molar-refractivity contribution in [3.8, 4) is 5.75 Å². The van der Waals surface area contributed by atoms with Crippen LogP contribution in [-0.2, 0) is 16.3 Å². The molecule has 0 spiro atoms. The third kappa shape index (κ3) is 5.83. The topological polar surface area (TPSA) is 43.4 Å². The Hall–Kier alpha value is -0.550. The van der Waals surface area contributed by atoms with Crippen molar-refractivity contribution >= 4 is 25.8 Å². The van der Waals surface area contributed by atoms with Gasteiger partial charge in [-0.25, -0.2) is 8.42 Å². The van der Waals surface area contributed by atoms with E-state index in [2.05, 4.69) is 15.9 Å². The molecule has 0 aliphatic carbocycles. The first-order chi connectivity index (χ1) is 9.52. The van der Waals surface area contributed by atoms with Crippen molar-refractivity contribution in [3.63, 3.8) is 0 Å². The number of benzene rings is 1. The lowest BCUT2D eigenvalue weighted by atomic mass is 9.98. The highest BCUT2D eigenvalue weighted by Gasteiger charge is 2.16. The summed E-state index contributed by atoms with van der Waals surface area (Å²) in [6.45, 7) is 1.90. The van der Waals surface area contributed by atoms with E-state index in [1.165, 1.54) is 0 Å². The summed E-state index contributed by atoms with van der Waals surface area (Å²) in [5, 5.41) is 0.798. The van der Waals surface area contributed by atoms with Crippen LogP contribution >= 0.6 is 15.9 Å². The molecule has 0 N–H and O–H groups in total. The van der Waals surface area contributed by atoms with Crippen molar-refractivity contribution in [1.29, 1.82) is 0 Å². The molecule has 0 aliphatic rings. The van der Waals surface area contributed by atoms with E-state index < -0.39 is 9.84 Å². The molecule has 0 aliphatic heterocycles. The molecule has 1 rings (SSSR count). The minimum atomic E-state index is -2.90. The zero-order chi connectivity index (χ0) is 15.0. The Morgan fingerprint density at radius 3 is 2.55 bits per heavy atom. The molecular weight excluding hydrogens is 340 g/mol. The summed E-state index contributed by atoms with van der Waals surface area (Å²) < 4.78 is 28.9. The normalized spacial score (nSPS) is 13.2. The number of methoxy groups -OCH3 is 1. The van der Waals surface area contributed by atoms with Gasteiger partial charge in [-0.05, 0) is 36.8 Å². The maximum absolute atomic E-state index is 11.8. The molecule has 0 radical (unpaired) electrons. The van der Waals surface area contributed by atoms with Gasteiger partial charge < -0.3 is 4.74 Å². The highest BCUT2D eigenvalue weighted by Crippen LogP contribution is 2.23. The average molecular weight is 363 g/mol. The highest BCUT2D eigenvalue weighted by molar-refractivity contribution is 9.09. The lowest BCUT2D eigenvalue weighted by molar-refractivity contribution is 0.405. The second-order valence-electron chi connectivity index (χ2n) is 4.98. The molecule has 0 saturated heterocycles. The van der Waals surface area contributed by atoms with Crippen LogP contribution in [0.4, 0.5) is 0 Å². The molecule has 0 heterocycles. The van der Waals surface area contributed by atoms with Gasteiger partial charge in [-0.1, -0.05) is 41.1 Å². The fourth-order valence-electron chi connectivity index (χ4n) is 2.18. The van der Waals surface area contributed by atoms with Gasteiger partial charge in [-0.15, -0.1) is 0 Å². The molecule has 1 unspecified atom stereocenters. The Balaban J connectivity index is 2.64. The molecule has 1 atom stereocenters. The number of halogens is 1. The number of rotatable bonds is 9. The van der Waals surface area contributed by atoms with Gasteiger partial charge >= 0.3 is 0 Å². The maximum atomic E-state index is 11.8. The number of hydrogen-bond donors (Lipinski definition) is 0. The summed E-state index contributed by atoms with van der Waals surface area (Å²) in [7, 11) is -1.24. The molecular formula is C15H23BrO3S. The van der Waals surface area contributed by atoms with Gasteiger partial charge in [0.15, 0.2) is 0 Å². The second kappa shape index (κ2) is 8.67. The standard InChI is InChI=1S/C15H23BrO3S/c1-3-9-20(17,18)10-8-13(12-16)11-14-6-4-5-7-15(14)19-2/h4-7,13H,3,8-12H2,1-2H3. The molecule has 114 valence electrons. The zero-order valence-electron chi connectivity index (χ0n) is 12.1. The van der Waals surface area contributed by atoms with Crippen molar-refractivity contribution in [2.45, 2.75) is 26.2 Å². The Morgan fingerprint density at radius 2 is 1.95 bits per heavy atom. The molecule has 0 amide bonds. The number of alkyl halides is 1. The van der Waals surface area contributed by atoms with E-state index in [0.29, 0.717) is 18.8 Å². The number of ether oxygens (including phenoxy) is 1. The van der Waals surface area contributed by atoms with Crippen LogP contribution in [0.1, 0.15) is 25.3 Å². The van der Waals surface area contributed by atoms with Gasteiger partial charge in [0, 0.05) is 11.1 Å². The van der Waals surface area contributed by atoms with Crippen molar-refractivity contribution in [1.82, 2.24) is 0 Å². The van der Waals surface area contributed by atoms with Crippen LogP contribution < -0.4 is 4.74 Å². The van der Waals surface area contributed by atoms with Gasteiger partial charge in [-0.2, -0.15) is 0 Å². The van der Waals surface area contributed by atoms with E-state index in [9.17, 15) is 8.42 Å². The molecule has 1 aromatic carbocycles. The van der Waals surface area contributed by atoms with Crippen LogP contribution in [0.15, 0.2) is 24.3 Å². The van der Waals surface area contributed by atoms with Crippen molar-refractivity contribution in [2.24, 2.45) is 5.92 Å². The fourth-order valence-corrected chi connectivity index (χ4v) is 4.25. The zero-order valence-corrected chi connectivity index (χ0v) is 14.5. The lowest BCUT2D eigenvalue weighted by Crippen LogP contribution is -2.16. The summed E-state index contributed by atoms with van der Waals surface area (Å²) in [5.74, 6) is 1.73. The smallest absolute Gasteiger partial charge is 0.150 e. The largest absolute Gasteiger partial charge is 0.496 e. The summed E-state index contributed by atoms with van der Waals surface area (Å²) in [6.07, 6.45) is 2.20. The van der Waals surface area contributed by atoms with E-state index >= 15 is 0 Å². The Kier molecular flexibility index (Phi) is 7.59. The van der Waals surface area contributed by atoms with Gasteiger partial charge in [0.05, 0.1) is 12.9 Å². The third-order valence-electron chi connectivity index (χ3n) is 3.27. The summed E-state index contributed by atoms with van der Waals surface area (Å²) in [5.41, 5.74) is 1.13. The van der Waals surface area contributed by atoms with Crippen LogP contribution in [0.25, 0.3) is 0 Å². The fraction of sp³-hybridized carbons (Fsp3) is 0.600. The summed E-state index contributed by atoms with van der Waals surface area (Å²) >= 11 is 3.49. The maximum Gasteiger partial charge on any atom is 0.150 e. The first-order valence-electron chi connectivity index (χ1n) is 6.90. The van der Waals surface area contributed by atoms with Gasteiger partial charge in [-0.3, -0.25) is 0 Å². The Bertz CT molecular complexity index is 500. The number of para-hydroxylation sites is 1. The molecule has 20 heavy (non-hydrogen) atoms.